The molecule has 0 saturated heterocycles. The number of carbonyl (C=O) groups excluding carboxylic acids is 1. The molecule has 1 aromatic carbocycles. The molecule has 1 unspecified atom stereocenters. The number of rotatable bonds is 5. The molecule has 0 bridgehead atoms. The smallest absolute Gasteiger partial charge is 0.319 e. The predicted molar refractivity (Wildman–Crippen MR) is 76.9 cm³/mol. The summed E-state index contributed by atoms with van der Waals surface area (Å²) < 4.78 is 17.1. The third-order valence-corrected chi connectivity index (χ3v) is 3.60. The Balaban J connectivity index is 3.05. The summed E-state index contributed by atoms with van der Waals surface area (Å²) in [5.74, 6) is -1.35. The fourth-order valence-corrected chi connectivity index (χ4v) is 2.53. The molecule has 120 valence electrons. The first-order valence-corrected chi connectivity index (χ1v) is 7.36. The minimum Gasteiger partial charge on any atom is -0.459 e. The van der Waals surface area contributed by atoms with Crippen LogP contribution in [0.2, 0.25) is 0 Å². The number of nitro benzene ring substituents is 2. The number of hydrogen-bond acceptors (Lipinski definition) is 7. The molecule has 10 heteroatoms. The van der Waals surface area contributed by atoms with Gasteiger partial charge in [0.25, 0.3) is 11.4 Å². The van der Waals surface area contributed by atoms with Crippen molar-refractivity contribution in [3.63, 3.8) is 0 Å². The Morgan fingerprint density at radius 2 is 1.82 bits per heavy atom. The van der Waals surface area contributed by atoms with Gasteiger partial charge in [-0.25, -0.2) is 0 Å². The Kier molecular flexibility index (Phi) is 5.31. The van der Waals surface area contributed by atoms with Crippen LogP contribution in [0, 0.1) is 20.2 Å². The van der Waals surface area contributed by atoms with E-state index >= 15 is 0 Å². The van der Waals surface area contributed by atoms with Gasteiger partial charge in [0.15, 0.2) is 0 Å². The van der Waals surface area contributed by atoms with Gasteiger partial charge in [-0.05, 0) is 26.8 Å². The summed E-state index contributed by atoms with van der Waals surface area (Å²) in [5.41, 5.74) is -1.94. The van der Waals surface area contributed by atoms with Crippen molar-refractivity contribution in [2.24, 2.45) is 0 Å². The van der Waals surface area contributed by atoms with Crippen LogP contribution < -0.4 is 0 Å². The summed E-state index contributed by atoms with van der Waals surface area (Å²) >= 11 is 0. The fraction of sp³-hybridized carbons (Fsp3) is 0.417. The standard InChI is InChI=1S/C12H14N2O7S/c1-12(2,3)21-11(15)7-22(20)10-5-4-8(13(16)17)6-9(10)14(18)19/h4-6H,7H2,1-3H3. The molecular weight excluding hydrogens is 316 g/mol. The molecule has 22 heavy (non-hydrogen) atoms. The van der Waals surface area contributed by atoms with E-state index in [-0.39, 0.29) is 4.90 Å². The van der Waals surface area contributed by atoms with Crippen LogP contribution in [0.1, 0.15) is 20.8 Å². The van der Waals surface area contributed by atoms with Crippen molar-refractivity contribution >= 4 is 28.1 Å². The van der Waals surface area contributed by atoms with Crippen LogP contribution in [0.4, 0.5) is 11.4 Å². The summed E-state index contributed by atoms with van der Waals surface area (Å²) in [6.45, 7) is 4.88. The molecule has 0 N–H and O–H groups in total. The summed E-state index contributed by atoms with van der Waals surface area (Å²) in [6.07, 6.45) is 0. The second-order valence-corrected chi connectivity index (χ2v) is 6.66. The highest BCUT2D eigenvalue weighted by Crippen LogP contribution is 2.27. The number of benzene rings is 1. The van der Waals surface area contributed by atoms with E-state index in [1.54, 1.807) is 20.8 Å². The average Bonchev–Trinajstić information content (AvgIpc) is 2.35. The van der Waals surface area contributed by atoms with Gasteiger partial charge < -0.3 is 4.74 Å². The van der Waals surface area contributed by atoms with Gasteiger partial charge in [0, 0.05) is 6.07 Å². The summed E-state index contributed by atoms with van der Waals surface area (Å²) in [7, 11) is -2.04. The first-order chi connectivity index (χ1) is 10.0. The molecule has 0 aromatic heterocycles. The van der Waals surface area contributed by atoms with Crippen molar-refractivity contribution in [1.82, 2.24) is 0 Å². The fourth-order valence-electron chi connectivity index (χ4n) is 1.51. The maximum Gasteiger partial charge on any atom is 0.319 e. The number of nitro groups is 2. The Morgan fingerprint density at radius 3 is 2.27 bits per heavy atom. The van der Waals surface area contributed by atoms with Gasteiger partial charge in [-0.15, -0.1) is 0 Å². The van der Waals surface area contributed by atoms with E-state index in [0.29, 0.717) is 6.07 Å². The minimum absolute atomic E-state index is 0.263. The van der Waals surface area contributed by atoms with Crippen LogP contribution >= 0.6 is 0 Å². The van der Waals surface area contributed by atoms with Crippen molar-refractivity contribution in [3.8, 4) is 0 Å². The van der Waals surface area contributed by atoms with Crippen LogP contribution in [0.15, 0.2) is 23.1 Å². The van der Waals surface area contributed by atoms with Gasteiger partial charge in [-0.1, -0.05) is 0 Å². The number of esters is 1. The summed E-state index contributed by atoms with van der Waals surface area (Å²) in [5, 5.41) is 21.6. The lowest BCUT2D eigenvalue weighted by atomic mass is 10.2. The van der Waals surface area contributed by atoms with Crippen molar-refractivity contribution in [1.29, 1.82) is 0 Å². The topological polar surface area (TPSA) is 130 Å². The van der Waals surface area contributed by atoms with Gasteiger partial charge in [-0.3, -0.25) is 29.2 Å². The quantitative estimate of drug-likeness (QED) is 0.458. The molecule has 0 aliphatic carbocycles. The van der Waals surface area contributed by atoms with E-state index in [1.807, 2.05) is 0 Å². The normalized spacial score (nSPS) is 12.5. The van der Waals surface area contributed by atoms with Crippen LogP contribution in [0.3, 0.4) is 0 Å². The number of ether oxygens (including phenoxy) is 1. The molecule has 0 heterocycles. The van der Waals surface area contributed by atoms with Crippen LogP contribution in [0.5, 0.6) is 0 Å². The maximum atomic E-state index is 12.1. The zero-order valence-electron chi connectivity index (χ0n) is 12.1. The molecule has 1 atom stereocenters. The molecular formula is C12H14N2O7S. The summed E-state index contributed by atoms with van der Waals surface area (Å²) in [4.78, 5) is 31.2. The molecule has 0 spiro atoms. The Hall–Kier alpha value is -2.36. The van der Waals surface area contributed by atoms with E-state index in [2.05, 4.69) is 0 Å². The van der Waals surface area contributed by atoms with E-state index in [9.17, 15) is 29.2 Å². The van der Waals surface area contributed by atoms with Crippen molar-refractivity contribution in [2.45, 2.75) is 31.3 Å². The van der Waals surface area contributed by atoms with E-state index < -0.39 is 49.3 Å². The van der Waals surface area contributed by atoms with E-state index in [4.69, 9.17) is 4.74 Å². The minimum atomic E-state index is -2.04. The average molecular weight is 330 g/mol. The van der Waals surface area contributed by atoms with Crippen LogP contribution in [-0.2, 0) is 20.3 Å². The van der Waals surface area contributed by atoms with Gasteiger partial charge in [0.05, 0.1) is 26.7 Å². The van der Waals surface area contributed by atoms with Crippen molar-refractivity contribution < 1.29 is 23.6 Å². The van der Waals surface area contributed by atoms with Gasteiger partial charge >= 0.3 is 5.97 Å². The second kappa shape index (κ2) is 6.60. The second-order valence-electron chi connectivity index (χ2n) is 5.24. The van der Waals surface area contributed by atoms with Crippen LogP contribution in [0.25, 0.3) is 0 Å². The lowest BCUT2D eigenvalue weighted by molar-refractivity contribution is -0.396. The largest absolute Gasteiger partial charge is 0.459 e. The number of carbonyl (C=O) groups is 1. The third kappa shape index (κ3) is 4.88. The first kappa shape index (κ1) is 17.7. The number of nitrogens with zero attached hydrogens (tertiary/aromatic N) is 2. The molecule has 0 amide bonds. The molecule has 0 fully saturated rings. The third-order valence-electron chi connectivity index (χ3n) is 2.26. The molecule has 0 aliphatic rings. The Labute approximate surface area is 128 Å². The van der Waals surface area contributed by atoms with E-state index in [1.165, 1.54) is 0 Å². The molecule has 1 rings (SSSR count). The number of non-ortho nitro benzene ring substituents is 1. The highest BCUT2D eigenvalue weighted by molar-refractivity contribution is 7.85. The van der Waals surface area contributed by atoms with Crippen LogP contribution in [-0.4, -0.2) is 31.4 Å². The van der Waals surface area contributed by atoms with Gasteiger partial charge in [0.2, 0.25) is 0 Å². The van der Waals surface area contributed by atoms with E-state index in [0.717, 1.165) is 12.1 Å². The Morgan fingerprint density at radius 1 is 1.23 bits per heavy atom. The molecule has 1 aromatic rings. The van der Waals surface area contributed by atoms with Gasteiger partial charge in [0.1, 0.15) is 16.2 Å². The zero-order chi connectivity index (χ0) is 17.1. The lowest BCUT2D eigenvalue weighted by Gasteiger charge is -2.19. The Bertz CT molecular complexity index is 651. The van der Waals surface area contributed by atoms with Crippen molar-refractivity contribution in [2.75, 3.05) is 5.75 Å². The molecule has 0 saturated carbocycles. The maximum absolute atomic E-state index is 12.1. The van der Waals surface area contributed by atoms with Gasteiger partial charge in [-0.2, -0.15) is 0 Å². The number of hydrogen-bond donors (Lipinski definition) is 0. The summed E-state index contributed by atoms with van der Waals surface area (Å²) in [6, 6.07) is 2.72. The highest BCUT2D eigenvalue weighted by Gasteiger charge is 2.26. The molecule has 0 radical (unpaired) electrons. The molecule has 0 aliphatic heterocycles. The van der Waals surface area contributed by atoms with Crippen molar-refractivity contribution in [3.05, 3.63) is 38.4 Å². The molecule has 9 nitrogen and oxygen atoms in total. The first-order valence-electron chi connectivity index (χ1n) is 6.04. The SMILES string of the molecule is CC(C)(C)OC(=O)CS(=O)c1ccc([N+](=O)[O-])cc1[N+](=O)[O-]. The monoisotopic (exact) mass is 330 g/mol. The highest BCUT2D eigenvalue weighted by atomic mass is 32.2. The lowest BCUT2D eigenvalue weighted by Crippen LogP contribution is -2.27. The zero-order valence-corrected chi connectivity index (χ0v) is 12.9. The predicted octanol–water partition coefficient (Wildman–Crippen LogP) is 1.95.